The summed E-state index contributed by atoms with van der Waals surface area (Å²) in [4.78, 5) is 15.6. The number of ether oxygens (including phenoxy) is 3. The second-order valence-corrected chi connectivity index (χ2v) is 7.08. The summed E-state index contributed by atoms with van der Waals surface area (Å²) in [6, 6.07) is 11.9. The van der Waals surface area contributed by atoms with E-state index in [1.165, 1.54) is 0 Å². The number of rotatable bonds is 4. The molecule has 0 fully saturated rings. The van der Waals surface area contributed by atoms with E-state index in [2.05, 4.69) is 13.0 Å². The summed E-state index contributed by atoms with van der Waals surface area (Å²) in [5, 5.41) is 0. The fourth-order valence-electron chi connectivity index (χ4n) is 4.31. The molecule has 0 unspecified atom stereocenters. The average molecular weight is 351 g/mol. The molecule has 2 aromatic rings. The van der Waals surface area contributed by atoms with Crippen molar-refractivity contribution in [2.24, 2.45) is 0 Å². The second-order valence-electron chi connectivity index (χ2n) is 7.08. The van der Waals surface area contributed by atoms with E-state index in [1.807, 2.05) is 35.2 Å². The van der Waals surface area contributed by atoms with Gasteiger partial charge in [0.2, 0.25) is 12.7 Å². The van der Waals surface area contributed by atoms with E-state index in [0.29, 0.717) is 23.9 Å². The number of nitrogens with zero attached hydrogens (tertiary/aromatic N) is 1. The molecule has 0 bridgehead atoms. The third kappa shape index (κ3) is 1.94. The van der Waals surface area contributed by atoms with Crippen LogP contribution >= 0.6 is 0 Å². The molecule has 1 amide bonds. The molecule has 0 saturated heterocycles. The van der Waals surface area contributed by atoms with E-state index >= 15 is 0 Å². The molecule has 0 saturated carbocycles. The number of hydrogen-bond acceptors (Lipinski definition) is 4. The zero-order valence-electron chi connectivity index (χ0n) is 14.8. The number of para-hydroxylation sites is 1. The summed E-state index contributed by atoms with van der Waals surface area (Å²) >= 11 is 0. The van der Waals surface area contributed by atoms with Crippen molar-refractivity contribution in [2.75, 3.05) is 24.8 Å². The third-order valence-electron chi connectivity index (χ3n) is 5.63. The summed E-state index contributed by atoms with van der Waals surface area (Å²) < 4.78 is 17.0. The monoisotopic (exact) mass is 351 g/mol. The van der Waals surface area contributed by atoms with Crippen LogP contribution in [0, 0.1) is 0 Å². The SMILES string of the molecule is CCCCCN1C(=O)[C@@]2(COc3cc4c(cc32)OCO4)c2ccccc21. The van der Waals surface area contributed by atoms with E-state index in [0.717, 1.165) is 42.6 Å². The van der Waals surface area contributed by atoms with Gasteiger partial charge in [0.1, 0.15) is 17.8 Å². The maximum Gasteiger partial charge on any atom is 0.245 e. The first-order chi connectivity index (χ1) is 12.8. The third-order valence-corrected chi connectivity index (χ3v) is 5.63. The number of benzene rings is 2. The Hall–Kier alpha value is -2.69. The summed E-state index contributed by atoms with van der Waals surface area (Å²) in [6.07, 6.45) is 3.25. The Kier molecular flexibility index (Phi) is 3.39. The molecule has 3 aliphatic heterocycles. The molecule has 3 aliphatic rings. The Balaban J connectivity index is 1.63. The molecule has 0 aromatic heterocycles. The van der Waals surface area contributed by atoms with Gasteiger partial charge in [-0.05, 0) is 24.1 Å². The van der Waals surface area contributed by atoms with Crippen molar-refractivity contribution in [2.45, 2.75) is 31.6 Å². The van der Waals surface area contributed by atoms with Crippen LogP contribution < -0.4 is 19.1 Å². The van der Waals surface area contributed by atoms with Gasteiger partial charge < -0.3 is 19.1 Å². The predicted octanol–water partition coefficient (Wildman–Crippen LogP) is 3.63. The van der Waals surface area contributed by atoms with Gasteiger partial charge in [-0.2, -0.15) is 0 Å². The molecular weight excluding hydrogens is 330 g/mol. The van der Waals surface area contributed by atoms with Crippen molar-refractivity contribution in [3.05, 3.63) is 47.5 Å². The predicted molar refractivity (Wildman–Crippen MR) is 97.2 cm³/mol. The molecule has 3 heterocycles. The van der Waals surface area contributed by atoms with Crippen molar-refractivity contribution in [3.8, 4) is 17.2 Å². The highest BCUT2D eigenvalue weighted by atomic mass is 16.7. The highest BCUT2D eigenvalue weighted by Crippen LogP contribution is 2.54. The maximum absolute atomic E-state index is 13.6. The first kappa shape index (κ1) is 15.6. The van der Waals surface area contributed by atoms with Gasteiger partial charge in [-0.1, -0.05) is 38.0 Å². The molecular formula is C21H21NO4. The second kappa shape index (κ2) is 5.66. The van der Waals surface area contributed by atoms with Crippen LogP contribution in [0.3, 0.4) is 0 Å². The molecule has 2 aromatic carbocycles. The molecule has 0 radical (unpaired) electrons. The van der Waals surface area contributed by atoms with E-state index < -0.39 is 5.41 Å². The van der Waals surface area contributed by atoms with E-state index in [1.54, 1.807) is 0 Å². The lowest BCUT2D eigenvalue weighted by molar-refractivity contribution is -0.122. The molecule has 0 N–H and O–H groups in total. The zero-order chi connectivity index (χ0) is 17.7. The smallest absolute Gasteiger partial charge is 0.245 e. The summed E-state index contributed by atoms with van der Waals surface area (Å²) in [6.45, 7) is 3.44. The topological polar surface area (TPSA) is 48.0 Å². The van der Waals surface area contributed by atoms with Crippen LogP contribution in [0.15, 0.2) is 36.4 Å². The molecule has 5 rings (SSSR count). The van der Waals surface area contributed by atoms with E-state index in [9.17, 15) is 4.79 Å². The van der Waals surface area contributed by atoms with Crippen molar-refractivity contribution in [3.63, 3.8) is 0 Å². The Bertz CT molecular complexity index is 894. The van der Waals surface area contributed by atoms with Crippen LogP contribution in [0.1, 0.15) is 37.3 Å². The maximum atomic E-state index is 13.6. The zero-order valence-corrected chi connectivity index (χ0v) is 14.8. The van der Waals surface area contributed by atoms with Crippen LogP contribution in [0.2, 0.25) is 0 Å². The Morgan fingerprint density at radius 3 is 2.65 bits per heavy atom. The Labute approximate surface area is 152 Å². The average Bonchev–Trinajstić information content (AvgIpc) is 3.33. The highest BCUT2D eigenvalue weighted by Gasteiger charge is 2.57. The van der Waals surface area contributed by atoms with Crippen LogP contribution in [0.4, 0.5) is 5.69 Å². The minimum Gasteiger partial charge on any atom is -0.491 e. The first-order valence-corrected chi connectivity index (χ1v) is 9.24. The molecule has 5 heteroatoms. The van der Waals surface area contributed by atoms with Gasteiger partial charge in [-0.25, -0.2) is 0 Å². The van der Waals surface area contributed by atoms with Crippen LogP contribution in [0.5, 0.6) is 17.2 Å². The van der Waals surface area contributed by atoms with Crippen molar-refractivity contribution in [1.29, 1.82) is 0 Å². The number of carbonyl (C=O) groups excluding carboxylic acids is 1. The van der Waals surface area contributed by atoms with Gasteiger partial charge >= 0.3 is 0 Å². The highest BCUT2D eigenvalue weighted by molar-refractivity contribution is 6.11. The number of amides is 1. The number of carbonyl (C=O) groups is 1. The van der Waals surface area contributed by atoms with Gasteiger partial charge in [0.25, 0.3) is 0 Å². The molecule has 1 atom stereocenters. The lowest BCUT2D eigenvalue weighted by Gasteiger charge is -2.23. The number of unbranched alkanes of at least 4 members (excludes halogenated alkanes) is 2. The Morgan fingerprint density at radius 2 is 1.81 bits per heavy atom. The molecule has 5 nitrogen and oxygen atoms in total. The van der Waals surface area contributed by atoms with Gasteiger partial charge in [-0.3, -0.25) is 4.79 Å². The summed E-state index contributed by atoms with van der Waals surface area (Å²) in [5.74, 6) is 2.18. The standard InChI is InChI=1S/C21H21NO4/c1-2-3-6-9-22-16-8-5-4-7-14(16)21(20(22)23)12-24-17-11-19-18(10-15(17)21)25-13-26-19/h4-5,7-8,10-11H,2-3,6,9,12-13H2,1H3/t21-/m0/s1. The number of fused-ring (bicyclic) bond motifs is 5. The van der Waals surface area contributed by atoms with Crippen molar-refractivity contribution < 1.29 is 19.0 Å². The van der Waals surface area contributed by atoms with Crippen LogP contribution in [0.25, 0.3) is 0 Å². The van der Waals surface area contributed by atoms with Gasteiger partial charge in [0.05, 0.1) is 0 Å². The minimum absolute atomic E-state index is 0.104. The normalized spacial score (nSPS) is 21.9. The van der Waals surface area contributed by atoms with Crippen molar-refractivity contribution in [1.82, 2.24) is 0 Å². The molecule has 134 valence electrons. The fourth-order valence-corrected chi connectivity index (χ4v) is 4.31. The largest absolute Gasteiger partial charge is 0.491 e. The molecule has 26 heavy (non-hydrogen) atoms. The lowest BCUT2D eigenvalue weighted by Crippen LogP contribution is -2.42. The van der Waals surface area contributed by atoms with E-state index in [4.69, 9.17) is 14.2 Å². The Morgan fingerprint density at radius 1 is 1.00 bits per heavy atom. The summed E-state index contributed by atoms with van der Waals surface area (Å²) in [7, 11) is 0. The quantitative estimate of drug-likeness (QED) is 0.789. The summed E-state index contributed by atoms with van der Waals surface area (Å²) in [5.41, 5.74) is 2.14. The molecule has 0 aliphatic carbocycles. The number of hydrogen-bond donors (Lipinski definition) is 0. The van der Waals surface area contributed by atoms with E-state index in [-0.39, 0.29) is 12.7 Å². The van der Waals surface area contributed by atoms with Gasteiger partial charge in [0, 0.05) is 23.9 Å². The van der Waals surface area contributed by atoms with Gasteiger partial charge in [0.15, 0.2) is 11.5 Å². The van der Waals surface area contributed by atoms with Gasteiger partial charge in [-0.15, -0.1) is 0 Å². The van der Waals surface area contributed by atoms with Crippen LogP contribution in [-0.4, -0.2) is 25.9 Å². The number of anilines is 1. The lowest BCUT2D eigenvalue weighted by atomic mass is 9.77. The van der Waals surface area contributed by atoms with Crippen LogP contribution in [-0.2, 0) is 10.2 Å². The first-order valence-electron chi connectivity index (χ1n) is 9.24. The minimum atomic E-state index is -0.779. The molecule has 1 spiro atoms. The van der Waals surface area contributed by atoms with Crippen molar-refractivity contribution >= 4 is 11.6 Å². The fraction of sp³-hybridized carbons (Fsp3) is 0.381.